The molecule has 19 heavy (non-hydrogen) atoms. The van der Waals surface area contributed by atoms with E-state index in [1.807, 2.05) is 35.7 Å². The van der Waals surface area contributed by atoms with Gasteiger partial charge in [0, 0.05) is 6.54 Å². The highest BCUT2D eigenvalue weighted by atomic mass is 32.1. The molecule has 3 rings (SSSR count). The maximum Gasteiger partial charge on any atom is 0.261 e. The first-order valence-electron chi connectivity index (χ1n) is 5.97. The molecule has 0 fully saturated rings. The van der Waals surface area contributed by atoms with Gasteiger partial charge < -0.3 is 9.73 Å². The van der Waals surface area contributed by atoms with Crippen LogP contribution >= 0.6 is 11.3 Å². The van der Waals surface area contributed by atoms with E-state index in [4.69, 9.17) is 4.42 Å². The van der Waals surface area contributed by atoms with Gasteiger partial charge in [0.1, 0.15) is 5.52 Å². The monoisotopic (exact) mass is 272 g/mol. The van der Waals surface area contributed by atoms with Gasteiger partial charge in [0.05, 0.1) is 4.88 Å². The van der Waals surface area contributed by atoms with E-state index >= 15 is 0 Å². The van der Waals surface area contributed by atoms with Gasteiger partial charge in [0.2, 0.25) is 0 Å². The summed E-state index contributed by atoms with van der Waals surface area (Å²) in [7, 11) is 0. The van der Waals surface area contributed by atoms with Crippen molar-refractivity contribution in [3.63, 3.8) is 0 Å². The lowest BCUT2D eigenvalue weighted by molar-refractivity contribution is 0.0958. The maximum atomic E-state index is 11.7. The van der Waals surface area contributed by atoms with Gasteiger partial charge in [-0.3, -0.25) is 4.79 Å². The molecule has 4 nitrogen and oxygen atoms in total. The molecule has 2 aromatic heterocycles. The molecule has 0 radical (unpaired) electrons. The van der Waals surface area contributed by atoms with E-state index in [9.17, 15) is 4.79 Å². The number of hydrogen-bond acceptors (Lipinski definition) is 4. The fourth-order valence-electron chi connectivity index (χ4n) is 1.87. The molecule has 0 spiro atoms. The van der Waals surface area contributed by atoms with E-state index < -0.39 is 0 Å². The zero-order chi connectivity index (χ0) is 13.1. The topological polar surface area (TPSA) is 55.1 Å². The zero-order valence-corrected chi connectivity index (χ0v) is 10.9. The smallest absolute Gasteiger partial charge is 0.261 e. The van der Waals surface area contributed by atoms with Crippen LogP contribution in [0.15, 0.2) is 46.5 Å². The van der Waals surface area contributed by atoms with Crippen LogP contribution in [-0.4, -0.2) is 17.4 Å². The summed E-state index contributed by atoms with van der Waals surface area (Å²) in [6, 6.07) is 9.58. The molecule has 5 heteroatoms. The van der Waals surface area contributed by atoms with Crippen LogP contribution in [0, 0.1) is 0 Å². The van der Waals surface area contributed by atoms with Gasteiger partial charge >= 0.3 is 0 Å². The minimum Gasteiger partial charge on any atom is -0.443 e. The van der Waals surface area contributed by atoms with Crippen LogP contribution in [0.2, 0.25) is 0 Å². The summed E-state index contributed by atoms with van der Waals surface area (Å²) in [5, 5.41) is 4.80. The normalized spacial score (nSPS) is 10.7. The number of oxazole rings is 1. The molecule has 0 atom stereocenters. The summed E-state index contributed by atoms with van der Waals surface area (Å²) < 4.78 is 5.25. The van der Waals surface area contributed by atoms with Gasteiger partial charge in [-0.05, 0) is 35.6 Å². The quantitative estimate of drug-likeness (QED) is 0.794. The van der Waals surface area contributed by atoms with E-state index in [1.54, 1.807) is 0 Å². The lowest BCUT2D eigenvalue weighted by Crippen LogP contribution is -2.24. The first kappa shape index (κ1) is 11.9. The number of benzene rings is 1. The molecule has 0 aliphatic heterocycles. The number of carbonyl (C=O) groups excluding carboxylic acids is 1. The van der Waals surface area contributed by atoms with Gasteiger partial charge in [-0.15, -0.1) is 11.3 Å². The Bertz CT molecular complexity index is 688. The largest absolute Gasteiger partial charge is 0.443 e. The Hall–Kier alpha value is -2.14. The Morgan fingerprint density at radius 1 is 1.37 bits per heavy atom. The highest BCUT2D eigenvalue weighted by Gasteiger charge is 2.05. The number of hydrogen-bond donors (Lipinski definition) is 1. The SMILES string of the molecule is O=C(NCCc1ccc2ncoc2c1)c1cccs1. The Labute approximate surface area is 114 Å². The number of amides is 1. The van der Waals surface area contributed by atoms with E-state index in [2.05, 4.69) is 10.3 Å². The summed E-state index contributed by atoms with van der Waals surface area (Å²) in [4.78, 5) is 16.5. The molecule has 0 saturated carbocycles. The molecule has 0 unspecified atom stereocenters. The van der Waals surface area contributed by atoms with Crippen LogP contribution in [0.5, 0.6) is 0 Å². The standard InChI is InChI=1S/C14H12N2O2S/c17-14(13-2-1-7-19-13)15-6-5-10-3-4-11-12(8-10)18-9-16-11/h1-4,7-9H,5-6H2,(H,15,17). The van der Waals surface area contributed by atoms with Gasteiger partial charge in [-0.25, -0.2) is 4.98 Å². The Kier molecular flexibility index (Phi) is 3.29. The molecule has 96 valence electrons. The van der Waals surface area contributed by atoms with Gasteiger partial charge in [-0.1, -0.05) is 12.1 Å². The summed E-state index contributed by atoms with van der Waals surface area (Å²) in [6.45, 7) is 0.608. The van der Waals surface area contributed by atoms with Crippen molar-refractivity contribution in [3.05, 3.63) is 52.5 Å². The second-order valence-electron chi connectivity index (χ2n) is 4.14. The maximum absolute atomic E-state index is 11.7. The van der Waals surface area contributed by atoms with E-state index in [1.165, 1.54) is 17.7 Å². The molecule has 1 aromatic carbocycles. The average molecular weight is 272 g/mol. The molecule has 1 N–H and O–H groups in total. The fourth-order valence-corrected chi connectivity index (χ4v) is 2.51. The third-order valence-corrected chi connectivity index (χ3v) is 3.71. The van der Waals surface area contributed by atoms with Crippen LogP contribution in [-0.2, 0) is 6.42 Å². The highest BCUT2D eigenvalue weighted by molar-refractivity contribution is 7.12. The van der Waals surface area contributed by atoms with Crippen molar-refractivity contribution >= 4 is 28.3 Å². The van der Waals surface area contributed by atoms with Crippen molar-refractivity contribution in [1.29, 1.82) is 0 Å². The van der Waals surface area contributed by atoms with Crippen LogP contribution < -0.4 is 5.32 Å². The van der Waals surface area contributed by atoms with Crippen molar-refractivity contribution in [2.45, 2.75) is 6.42 Å². The third-order valence-electron chi connectivity index (χ3n) is 2.84. The molecule has 2 heterocycles. The molecular weight excluding hydrogens is 260 g/mol. The van der Waals surface area contributed by atoms with Gasteiger partial charge in [-0.2, -0.15) is 0 Å². The number of nitrogens with one attached hydrogen (secondary N) is 1. The average Bonchev–Trinajstić information content (AvgIpc) is 3.09. The lowest BCUT2D eigenvalue weighted by Gasteiger charge is -2.03. The van der Waals surface area contributed by atoms with Gasteiger partial charge in [0.15, 0.2) is 12.0 Å². The fraction of sp³-hybridized carbons (Fsp3) is 0.143. The van der Waals surface area contributed by atoms with Crippen molar-refractivity contribution in [2.24, 2.45) is 0 Å². The van der Waals surface area contributed by atoms with Crippen molar-refractivity contribution in [3.8, 4) is 0 Å². The zero-order valence-electron chi connectivity index (χ0n) is 10.1. The van der Waals surface area contributed by atoms with E-state index in [0.29, 0.717) is 6.54 Å². The molecule has 1 amide bonds. The first-order valence-corrected chi connectivity index (χ1v) is 6.85. The summed E-state index contributed by atoms with van der Waals surface area (Å²) >= 11 is 1.44. The lowest BCUT2D eigenvalue weighted by atomic mass is 10.1. The van der Waals surface area contributed by atoms with E-state index in [-0.39, 0.29) is 5.91 Å². The molecule has 0 aliphatic rings. The first-order chi connectivity index (χ1) is 9.33. The van der Waals surface area contributed by atoms with Crippen LogP contribution in [0.3, 0.4) is 0 Å². The summed E-state index contributed by atoms with van der Waals surface area (Å²) in [5.74, 6) is -0.0178. The predicted octanol–water partition coefficient (Wildman–Crippen LogP) is 2.86. The molecular formula is C14H12N2O2S. The summed E-state index contributed by atoms with van der Waals surface area (Å²) in [5.41, 5.74) is 2.75. The van der Waals surface area contributed by atoms with Crippen molar-refractivity contribution in [1.82, 2.24) is 10.3 Å². The number of aromatic nitrogens is 1. The highest BCUT2D eigenvalue weighted by Crippen LogP contribution is 2.14. The number of thiophene rings is 1. The van der Waals surface area contributed by atoms with Crippen LogP contribution in [0.1, 0.15) is 15.2 Å². The third kappa shape index (κ3) is 2.66. The van der Waals surface area contributed by atoms with Gasteiger partial charge in [0.25, 0.3) is 5.91 Å². The van der Waals surface area contributed by atoms with Crippen LogP contribution in [0.25, 0.3) is 11.1 Å². The second-order valence-corrected chi connectivity index (χ2v) is 5.09. The number of rotatable bonds is 4. The Morgan fingerprint density at radius 3 is 3.16 bits per heavy atom. The Balaban J connectivity index is 1.58. The summed E-state index contributed by atoms with van der Waals surface area (Å²) in [6.07, 6.45) is 2.21. The van der Waals surface area contributed by atoms with E-state index in [0.717, 1.165) is 28.0 Å². The van der Waals surface area contributed by atoms with Crippen molar-refractivity contribution in [2.75, 3.05) is 6.54 Å². The minimum absolute atomic E-state index is 0.0178. The number of carbonyl (C=O) groups is 1. The molecule has 3 aromatic rings. The molecule has 0 saturated heterocycles. The van der Waals surface area contributed by atoms with Crippen molar-refractivity contribution < 1.29 is 9.21 Å². The minimum atomic E-state index is -0.0178. The second kappa shape index (κ2) is 5.24. The molecule has 0 aliphatic carbocycles. The van der Waals surface area contributed by atoms with Crippen LogP contribution in [0.4, 0.5) is 0 Å². The Morgan fingerprint density at radius 2 is 2.32 bits per heavy atom. The molecule has 0 bridgehead atoms. The number of nitrogens with zero attached hydrogens (tertiary/aromatic N) is 1. The predicted molar refractivity (Wildman–Crippen MR) is 74.4 cm³/mol. The number of fused-ring (bicyclic) bond motifs is 1.